The number of hydrogen-bond acceptors (Lipinski definition) is 5. The molecule has 0 fully saturated rings. The Hall–Kier alpha value is -1.47. The molecule has 0 rings (SSSR count). The molecule has 1 amide bonds. The van der Waals surface area contributed by atoms with Crippen LogP contribution in [-0.4, -0.2) is 57.3 Å². The fraction of sp³-hybridized carbons (Fsp3) is 0.794. The third-order valence-corrected chi connectivity index (χ3v) is 7.31. The molecule has 0 bridgehead atoms. The van der Waals surface area contributed by atoms with E-state index in [2.05, 4.69) is 49.5 Å². The maximum atomic E-state index is 12.3. The second-order valence-electron chi connectivity index (χ2n) is 11.1. The minimum Gasteiger partial charge on any atom is -0.394 e. The molecule has 4 unspecified atom stereocenters. The zero-order valence-corrected chi connectivity index (χ0v) is 25.8. The van der Waals surface area contributed by atoms with Crippen LogP contribution in [-0.2, 0) is 4.79 Å². The van der Waals surface area contributed by atoms with E-state index < -0.39 is 36.9 Å². The quantitative estimate of drug-likeness (QED) is 0.0515. The van der Waals surface area contributed by atoms with E-state index in [0.29, 0.717) is 19.3 Å². The van der Waals surface area contributed by atoms with E-state index in [0.717, 1.165) is 32.1 Å². The Balaban J connectivity index is 3.98. The SMILES string of the molecule is CCCCCC/C=C\CCC(O)C(=O)NC(CO)C(O)C(O)CCC/C=C/CC/C=C/CCCCCCCCC. The van der Waals surface area contributed by atoms with Gasteiger partial charge in [-0.2, -0.15) is 0 Å². The van der Waals surface area contributed by atoms with E-state index in [1.807, 2.05) is 6.08 Å². The summed E-state index contributed by atoms with van der Waals surface area (Å²) in [5.41, 5.74) is 0. The van der Waals surface area contributed by atoms with Gasteiger partial charge in [0.1, 0.15) is 12.2 Å². The number of aliphatic hydroxyl groups excluding tert-OH is 4. The number of rotatable bonds is 28. The summed E-state index contributed by atoms with van der Waals surface area (Å²) in [7, 11) is 0. The molecule has 0 aromatic heterocycles. The zero-order chi connectivity index (χ0) is 29.7. The summed E-state index contributed by atoms with van der Waals surface area (Å²) >= 11 is 0. The van der Waals surface area contributed by atoms with E-state index in [1.165, 1.54) is 70.6 Å². The second-order valence-corrected chi connectivity index (χ2v) is 11.1. The molecule has 0 aromatic rings. The first-order valence-electron chi connectivity index (χ1n) is 16.4. The van der Waals surface area contributed by atoms with Gasteiger partial charge >= 0.3 is 0 Å². The van der Waals surface area contributed by atoms with Crippen LogP contribution in [0.4, 0.5) is 0 Å². The summed E-state index contributed by atoms with van der Waals surface area (Å²) in [6.45, 7) is 3.92. The Kier molecular flexibility index (Phi) is 28.0. The van der Waals surface area contributed by atoms with Crippen molar-refractivity contribution < 1.29 is 25.2 Å². The summed E-state index contributed by atoms with van der Waals surface area (Å²) in [4.78, 5) is 12.3. The Morgan fingerprint density at radius 1 is 0.600 bits per heavy atom. The molecular weight excluding hydrogens is 502 g/mol. The predicted molar refractivity (Wildman–Crippen MR) is 168 cm³/mol. The van der Waals surface area contributed by atoms with Gasteiger partial charge in [0.15, 0.2) is 0 Å². The number of hydrogen-bond donors (Lipinski definition) is 5. The van der Waals surface area contributed by atoms with Crippen molar-refractivity contribution in [1.29, 1.82) is 0 Å². The highest BCUT2D eigenvalue weighted by molar-refractivity contribution is 5.80. The molecule has 0 aliphatic heterocycles. The van der Waals surface area contributed by atoms with Crippen molar-refractivity contribution in [2.75, 3.05) is 6.61 Å². The molecule has 0 aliphatic rings. The van der Waals surface area contributed by atoms with Crippen molar-refractivity contribution in [2.45, 2.75) is 167 Å². The average molecular weight is 566 g/mol. The van der Waals surface area contributed by atoms with Crippen LogP contribution in [0.3, 0.4) is 0 Å². The molecule has 6 nitrogen and oxygen atoms in total. The van der Waals surface area contributed by atoms with E-state index in [-0.39, 0.29) is 6.42 Å². The maximum absolute atomic E-state index is 12.3. The van der Waals surface area contributed by atoms with Gasteiger partial charge in [-0.3, -0.25) is 4.79 Å². The molecule has 40 heavy (non-hydrogen) atoms. The first kappa shape index (κ1) is 38.5. The molecule has 0 radical (unpaired) electrons. The fourth-order valence-corrected chi connectivity index (χ4v) is 4.59. The minimum absolute atomic E-state index is 0.273. The minimum atomic E-state index is -1.30. The van der Waals surface area contributed by atoms with Crippen LogP contribution in [0.15, 0.2) is 36.5 Å². The van der Waals surface area contributed by atoms with Gasteiger partial charge in [0.2, 0.25) is 5.91 Å². The summed E-state index contributed by atoms with van der Waals surface area (Å²) < 4.78 is 0. The predicted octanol–water partition coefficient (Wildman–Crippen LogP) is 7.06. The highest BCUT2D eigenvalue weighted by atomic mass is 16.3. The average Bonchev–Trinajstić information content (AvgIpc) is 2.96. The van der Waals surface area contributed by atoms with E-state index in [1.54, 1.807) is 0 Å². The second kappa shape index (κ2) is 29.0. The van der Waals surface area contributed by atoms with Crippen molar-refractivity contribution in [3.8, 4) is 0 Å². The lowest BCUT2D eigenvalue weighted by Crippen LogP contribution is -2.53. The van der Waals surface area contributed by atoms with E-state index in [4.69, 9.17) is 0 Å². The molecular formula is C34H63NO5. The first-order chi connectivity index (χ1) is 19.5. The van der Waals surface area contributed by atoms with Gasteiger partial charge < -0.3 is 25.7 Å². The van der Waals surface area contributed by atoms with Gasteiger partial charge in [0.25, 0.3) is 0 Å². The fourth-order valence-electron chi connectivity index (χ4n) is 4.59. The van der Waals surface area contributed by atoms with Gasteiger partial charge in [-0.05, 0) is 70.6 Å². The molecule has 0 aliphatic carbocycles. The molecule has 0 aromatic carbocycles. The first-order valence-corrected chi connectivity index (χ1v) is 16.4. The molecule has 6 heteroatoms. The third kappa shape index (κ3) is 23.3. The number of allylic oxidation sites excluding steroid dienone is 6. The van der Waals surface area contributed by atoms with Crippen molar-refractivity contribution in [2.24, 2.45) is 0 Å². The van der Waals surface area contributed by atoms with Crippen LogP contribution in [0.1, 0.15) is 142 Å². The molecule has 5 N–H and O–H groups in total. The Bertz CT molecular complexity index is 648. The van der Waals surface area contributed by atoms with Crippen LogP contribution >= 0.6 is 0 Å². The van der Waals surface area contributed by atoms with Crippen LogP contribution in [0.25, 0.3) is 0 Å². The van der Waals surface area contributed by atoms with Gasteiger partial charge in [0, 0.05) is 0 Å². The Morgan fingerprint density at radius 2 is 1.05 bits per heavy atom. The number of carbonyl (C=O) groups excluding carboxylic acids is 1. The standard InChI is InChI=1S/C34H63NO5/c1-3-5-7-9-11-13-14-15-16-17-18-19-20-22-23-25-27-31(37)33(39)30(29-36)35-34(40)32(38)28-26-24-21-12-10-8-6-4-2/h16-17,20-22,24,30-33,36-39H,3-15,18-19,23,25-29H2,1-2H3,(H,35,40)/b17-16+,22-20+,24-21-. The summed E-state index contributed by atoms with van der Waals surface area (Å²) in [5, 5.41) is 43.0. The number of nitrogens with one attached hydrogen (secondary N) is 1. The Morgan fingerprint density at radius 3 is 1.60 bits per heavy atom. The number of amides is 1. The topological polar surface area (TPSA) is 110 Å². The van der Waals surface area contributed by atoms with Crippen LogP contribution in [0, 0.1) is 0 Å². The smallest absolute Gasteiger partial charge is 0.249 e. The van der Waals surface area contributed by atoms with Crippen molar-refractivity contribution >= 4 is 5.91 Å². The molecule has 0 spiro atoms. The van der Waals surface area contributed by atoms with Gasteiger partial charge in [-0.1, -0.05) is 108 Å². The lowest BCUT2D eigenvalue weighted by molar-refractivity contribution is -0.132. The number of unbranched alkanes of at least 4 members (excludes halogenated alkanes) is 13. The van der Waals surface area contributed by atoms with Gasteiger partial charge in [0.05, 0.1) is 18.8 Å². The Labute approximate surface area is 246 Å². The monoisotopic (exact) mass is 565 g/mol. The van der Waals surface area contributed by atoms with Crippen LogP contribution in [0.5, 0.6) is 0 Å². The lowest BCUT2D eigenvalue weighted by Gasteiger charge is -2.27. The largest absolute Gasteiger partial charge is 0.394 e. The summed E-state index contributed by atoms with van der Waals surface area (Å²) in [6, 6.07) is -1.02. The van der Waals surface area contributed by atoms with E-state index in [9.17, 15) is 25.2 Å². The van der Waals surface area contributed by atoms with Crippen LogP contribution in [0.2, 0.25) is 0 Å². The number of carbonyl (C=O) groups is 1. The van der Waals surface area contributed by atoms with E-state index >= 15 is 0 Å². The third-order valence-electron chi connectivity index (χ3n) is 7.31. The highest BCUT2D eigenvalue weighted by Gasteiger charge is 2.28. The summed E-state index contributed by atoms with van der Waals surface area (Å²) in [5.74, 6) is -0.638. The number of aliphatic hydroxyl groups is 4. The lowest BCUT2D eigenvalue weighted by atomic mass is 10.0. The zero-order valence-electron chi connectivity index (χ0n) is 25.8. The molecule has 0 saturated heterocycles. The highest BCUT2D eigenvalue weighted by Crippen LogP contribution is 2.12. The molecule has 234 valence electrons. The van der Waals surface area contributed by atoms with Crippen LogP contribution < -0.4 is 5.32 Å². The van der Waals surface area contributed by atoms with Crippen molar-refractivity contribution in [1.82, 2.24) is 5.32 Å². The molecule has 4 atom stereocenters. The van der Waals surface area contributed by atoms with Crippen molar-refractivity contribution in [3.63, 3.8) is 0 Å². The normalized spacial score (nSPS) is 15.2. The van der Waals surface area contributed by atoms with Gasteiger partial charge in [-0.25, -0.2) is 0 Å². The molecule has 0 heterocycles. The van der Waals surface area contributed by atoms with Crippen molar-refractivity contribution in [3.05, 3.63) is 36.5 Å². The maximum Gasteiger partial charge on any atom is 0.249 e. The summed E-state index contributed by atoms with van der Waals surface area (Å²) in [6.07, 6.45) is 30.4. The van der Waals surface area contributed by atoms with Gasteiger partial charge in [-0.15, -0.1) is 0 Å². The molecule has 0 saturated carbocycles.